The Morgan fingerprint density at radius 2 is 1.78 bits per heavy atom. The quantitative estimate of drug-likeness (QED) is 0.755. The Balaban J connectivity index is 1.40. The zero-order valence-electron chi connectivity index (χ0n) is 15.4. The van der Waals surface area contributed by atoms with E-state index in [1.165, 1.54) is 0 Å². The second-order valence-corrected chi connectivity index (χ2v) is 7.81. The summed E-state index contributed by atoms with van der Waals surface area (Å²) in [6.45, 7) is 2.73. The molecule has 2 fully saturated rings. The summed E-state index contributed by atoms with van der Waals surface area (Å²) in [6, 6.07) is 6.92. The summed E-state index contributed by atoms with van der Waals surface area (Å²) in [5, 5.41) is 3.45. The highest BCUT2D eigenvalue weighted by atomic mass is 35.5. The largest absolute Gasteiger partial charge is 0.455 e. The van der Waals surface area contributed by atoms with Crippen LogP contribution < -0.4 is 5.32 Å². The summed E-state index contributed by atoms with van der Waals surface area (Å²) in [4.78, 5) is 38.3. The van der Waals surface area contributed by atoms with E-state index >= 15 is 0 Å². The molecule has 1 saturated carbocycles. The number of nitrogens with one attached hydrogen (secondary N) is 1. The van der Waals surface area contributed by atoms with Crippen molar-refractivity contribution < 1.29 is 19.1 Å². The van der Waals surface area contributed by atoms with Crippen LogP contribution in [0.2, 0.25) is 5.02 Å². The van der Waals surface area contributed by atoms with Crippen molar-refractivity contribution in [1.82, 2.24) is 10.2 Å². The summed E-state index contributed by atoms with van der Waals surface area (Å²) < 4.78 is 5.17. The van der Waals surface area contributed by atoms with Crippen LogP contribution in [0.25, 0.3) is 0 Å². The number of piperidine rings is 1. The lowest BCUT2D eigenvalue weighted by molar-refractivity contribution is -0.154. The third kappa shape index (κ3) is 5.45. The molecular formula is C20H25ClN2O4. The van der Waals surface area contributed by atoms with Crippen molar-refractivity contribution in [3.8, 4) is 0 Å². The fourth-order valence-electron chi connectivity index (χ4n) is 3.36. The molecule has 0 unspecified atom stereocenters. The Labute approximate surface area is 164 Å². The number of amides is 2. The fourth-order valence-corrected chi connectivity index (χ4v) is 3.48. The maximum Gasteiger partial charge on any atom is 0.309 e. The van der Waals surface area contributed by atoms with Crippen LogP contribution >= 0.6 is 11.6 Å². The lowest BCUT2D eigenvalue weighted by Crippen LogP contribution is -2.41. The average Bonchev–Trinajstić information content (AvgIpc) is 3.51. The molecule has 1 heterocycles. The highest BCUT2D eigenvalue weighted by Crippen LogP contribution is 2.32. The topological polar surface area (TPSA) is 75.7 Å². The molecule has 1 saturated heterocycles. The molecule has 27 heavy (non-hydrogen) atoms. The van der Waals surface area contributed by atoms with Crippen LogP contribution in [0.1, 0.15) is 43.0 Å². The molecule has 2 amide bonds. The van der Waals surface area contributed by atoms with Gasteiger partial charge in [-0.25, -0.2) is 0 Å². The molecule has 0 aromatic heterocycles. The van der Waals surface area contributed by atoms with E-state index in [1.54, 1.807) is 29.2 Å². The first-order chi connectivity index (χ1) is 12.9. The van der Waals surface area contributed by atoms with Crippen LogP contribution in [-0.4, -0.2) is 48.4 Å². The smallest absolute Gasteiger partial charge is 0.309 e. The van der Waals surface area contributed by atoms with Gasteiger partial charge in [0.15, 0.2) is 6.61 Å². The third-order valence-corrected chi connectivity index (χ3v) is 5.52. The average molecular weight is 393 g/mol. The molecule has 1 atom stereocenters. The number of ether oxygens (including phenoxy) is 1. The van der Waals surface area contributed by atoms with E-state index in [2.05, 4.69) is 5.32 Å². The Morgan fingerprint density at radius 3 is 2.37 bits per heavy atom. The van der Waals surface area contributed by atoms with Crippen molar-refractivity contribution >= 4 is 29.4 Å². The van der Waals surface area contributed by atoms with Gasteiger partial charge in [-0.15, -0.1) is 0 Å². The number of rotatable bonds is 6. The summed E-state index contributed by atoms with van der Waals surface area (Å²) in [7, 11) is 0. The summed E-state index contributed by atoms with van der Waals surface area (Å²) >= 11 is 5.85. The predicted octanol–water partition coefficient (Wildman–Crippen LogP) is 2.65. The van der Waals surface area contributed by atoms with Crippen LogP contribution in [-0.2, 0) is 14.3 Å². The van der Waals surface area contributed by atoms with E-state index in [0.29, 0.717) is 42.4 Å². The number of hydrogen-bond acceptors (Lipinski definition) is 4. The van der Waals surface area contributed by atoms with Crippen LogP contribution in [0.3, 0.4) is 0 Å². The third-order valence-electron chi connectivity index (χ3n) is 5.27. The molecule has 2 aliphatic rings. The number of likely N-dealkylation sites (tertiary alicyclic amines) is 1. The SMILES string of the molecule is C[C@H](NC(=O)COC(=O)C1CCN(C(=O)c2ccc(Cl)cc2)CC1)C1CC1. The first-order valence-corrected chi connectivity index (χ1v) is 9.82. The van der Waals surface area contributed by atoms with Gasteiger partial charge in [0, 0.05) is 29.7 Å². The molecule has 6 nitrogen and oxygen atoms in total. The lowest BCUT2D eigenvalue weighted by atomic mass is 9.96. The van der Waals surface area contributed by atoms with E-state index in [9.17, 15) is 14.4 Å². The van der Waals surface area contributed by atoms with Crippen molar-refractivity contribution in [2.75, 3.05) is 19.7 Å². The number of benzene rings is 1. The van der Waals surface area contributed by atoms with Crippen molar-refractivity contribution in [1.29, 1.82) is 0 Å². The van der Waals surface area contributed by atoms with E-state index in [0.717, 1.165) is 12.8 Å². The maximum atomic E-state index is 12.5. The zero-order valence-corrected chi connectivity index (χ0v) is 16.2. The lowest BCUT2D eigenvalue weighted by Gasteiger charge is -2.31. The Kier molecular flexibility index (Phi) is 6.37. The van der Waals surface area contributed by atoms with Gasteiger partial charge in [0.1, 0.15) is 0 Å². The minimum absolute atomic E-state index is 0.0630. The number of carbonyl (C=O) groups excluding carboxylic acids is 3. The fraction of sp³-hybridized carbons (Fsp3) is 0.550. The molecular weight excluding hydrogens is 368 g/mol. The standard InChI is InChI=1S/C20H25ClN2O4/c1-13(14-2-3-14)22-18(24)12-27-20(26)16-8-10-23(11-9-16)19(25)15-4-6-17(21)7-5-15/h4-7,13-14,16H,2-3,8-12H2,1H3,(H,22,24)/t13-/m0/s1. The molecule has 1 aliphatic carbocycles. The van der Waals surface area contributed by atoms with Crippen LogP contribution in [0, 0.1) is 11.8 Å². The minimum atomic E-state index is -0.359. The van der Waals surface area contributed by atoms with Crippen molar-refractivity contribution in [3.05, 3.63) is 34.9 Å². The summed E-state index contributed by atoms with van der Waals surface area (Å²) in [6.07, 6.45) is 3.37. The van der Waals surface area contributed by atoms with Gasteiger partial charge < -0.3 is 15.0 Å². The zero-order chi connectivity index (χ0) is 19.4. The van der Waals surface area contributed by atoms with Crippen molar-refractivity contribution in [2.24, 2.45) is 11.8 Å². The minimum Gasteiger partial charge on any atom is -0.455 e. The number of halogens is 1. The maximum absolute atomic E-state index is 12.5. The van der Waals surface area contributed by atoms with Crippen LogP contribution in [0.4, 0.5) is 0 Å². The number of esters is 1. The molecule has 7 heteroatoms. The van der Waals surface area contributed by atoms with Gasteiger partial charge in [-0.1, -0.05) is 11.6 Å². The van der Waals surface area contributed by atoms with Crippen LogP contribution in [0.5, 0.6) is 0 Å². The predicted molar refractivity (Wildman–Crippen MR) is 101 cm³/mol. The molecule has 3 rings (SSSR count). The molecule has 1 aromatic rings. The first kappa shape index (κ1) is 19.7. The van der Waals surface area contributed by atoms with Crippen molar-refractivity contribution in [3.63, 3.8) is 0 Å². The molecule has 146 valence electrons. The molecule has 0 spiro atoms. The monoisotopic (exact) mass is 392 g/mol. The Hall–Kier alpha value is -2.08. The van der Waals surface area contributed by atoms with Gasteiger partial charge in [-0.3, -0.25) is 14.4 Å². The van der Waals surface area contributed by atoms with Gasteiger partial charge in [0.2, 0.25) is 0 Å². The van der Waals surface area contributed by atoms with Gasteiger partial charge in [0.25, 0.3) is 11.8 Å². The van der Waals surface area contributed by atoms with Gasteiger partial charge >= 0.3 is 5.97 Å². The first-order valence-electron chi connectivity index (χ1n) is 9.45. The Morgan fingerprint density at radius 1 is 1.15 bits per heavy atom. The van der Waals surface area contributed by atoms with Gasteiger partial charge in [-0.05, 0) is 62.8 Å². The number of carbonyl (C=O) groups is 3. The number of hydrogen-bond donors (Lipinski definition) is 1. The second-order valence-electron chi connectivity index (χ2n) is 7.37. The van der Waals surface area contributed by atoms with Crippen LogP contribution in [0.15, 0.2) is 24.3 Å². The van der Waals surface area contributed by atoms with Crippen molar-refractivity contribution in [2.45, 2.75) is 38.6 Å². The highest BCUT2D eigenvalue weighted by Gasteiger charge is 2.31. The molecule has 1 aliphatic heterocycles. The normalized spacial score (nSPS) is 18.7. The van der Waals surface area contributed by atoms with Gasteiger partial charge in [-0.2, -0.15) is 0 Å². The molecule has 1 aromatic carbocycles. The molecule has 0 radical (unpaired) electrons. The highest BCUT2D eigenvalue weighted by molar-refractivity contribution is 6.30. The molecule has 1 N–H and O–H groups in total. The summed E-state index contributed by atoms with van der Waals surface area (Å²) in [5.41, 5.74) is 0.585. The summed E-state index contributed by atoms with van der Waals surface area (Å²) in [5.74, 6) is -0.382. The number of nitrogens with zero attached hydrogens (tertiary/aromatic N) is 1. The van der Waals surface area contributed by atoms with E-state index < -0.39 is 0 Å². The van der Waals surface area contributed by atoms with E-state index in [-0.39, 0.29) is 36.4 Å². The van der Waals surface area contributed by atoms with E-state index in [1.807, 2.05) is 6.92 Å². The van der Waals surface area contributed by atoms with Gasteiger partial charge in [0.05, 0.1) is 5.92 Å². The van der Waals surface area contributed by atoms with E-state index in [4.69, 9.17) is 16.3 Å². The second kappa shape index (κ2) is 8.74. The Bertz CT molecular complexity index is 694. The molecule has 0 bridgehead atoms.